The Morgan fingerprint density at radius 1 is 1.47 bits per heavy atom. The predicted octanol–water partition coefficient (Wildman–Crippen LogP) is 2.53. The van der Waals surface area contributed by atoms with E-state index in [2.05, 4.69) is 0 Å². The molecule has 0 N–H and O–H groups in total. The van der Waals surface area contributed by atoms with Gasteiger partial charge in [0.1, 0.15) is 11.6 Å². The summed E-state index contributed by atoms with van der Waals surface area (Å²) >= 11 is 0. The first-order chi connectivity index (χ1) is 8.99. The molecule has 0 amide bonds. The van der Waals surface area contributed by atoms with Gasteiger partial charge in [-0.05, 0) is 43.2 Å². The van der Waals surface area contributed by atoms with Gasteiger partial charge in [-0.25, -0.2) is 4.79 Å². The Morgan fingerprint density at radius 3 is 2.63 bits per heavy atom. The smallest absolute Gasteiger partial charge is 0.348 e. The molecule has 0 bridgehead atoms. The molecule has 0 radical (unpaired) electrons. The number of anilines is 1. The lowest BCUT2D eigenvalue weighted by atomic mass is 10.0. The number of nitrogens with zero attached hydrogens (tertiary/aromatic N) is 2. The van der Waals surface area contributed by atoms with E-state index in [4.69, 9.17) is 10.00 Å². The molecule has 0 aliphatic carbocycles. The van der Waals surface area contributed by atoms with E-state index in [1.54, 1.807) is 13.0 Å². The topological polar surface area (TPSA) is 53.3 Å². The lowest BCUT2D eigenvalue weighted by Gasteiger charge is -2.14. The van der Waals surface area contributed by atoms with Crippen molar-refractivity contribution in [3.05, 3.63) is 34.9 Å². The average molecular weight is 258 g/mol. The van der Waals surface area contributed by atoms with Crippen LogP contribution < -0.4 is 4.90 Å². The molecular weight excluding hydrogens is 240 g/mol. The molecule has 0 unspecified atom stereocenters. The van der Waals surface area contributed by atoms with Gasteiger partial charge in [0.2, 0.25) is 0 Å². The highest BCUT2D eigenvalue weighted by Gasteiger charge is 2.10. The number of benzene rings is 1. The second kappa shape index (κ2) is 6.60. The Balaban J connectivity index is 3.10. The summed E-state index contributed by atoms with van der Waals surface area (Å²) in [4.78, 5) is 13.5. The molecule has 1 rings (SSSR count). The standard InChI is InChI=1S/C15H18N2O2/c1-5-19-15(18)13(10-16)9-12-6-7-14(17(3)4)8-11(12)2/h6-9H,5H2,1-4H3/b13-9-. The van der Waals surface area contributed by atoms with Crippen molar-refractivity contribution in [2.75, 3.05) is 25.6 Å². The third-order valence-electron chi connectivity index (χ3n) is 2.69. The van der Waals surface area contributed by atoms with Crippen LogP contribution >= 0.6 is 0 Å². The number of hydrogen-bond acceptors (Lipinski definition) is 4. The van der Waals surface area contributed by atoms with Gasteiger partial charge in [-0.15, -0.1) is 0 Å². The monoisotopic (exact) mass is 258 g/mol. The molecule has 100 valence electrons. The SMILES string of the molecule is CCOC(=O)/C(C#N)=C\c1ccc(N(C)C)cc1C. The average Bonchev–Trinajstić information content (AvgIpc) is 2.37. The van der Waals surface area contributed by atoms with Crippen LogP contribution in [0.4, 0.5) is 5.69 Å². The van der Waals surface area contributed by atoms with Crippen molar-refractivity contribution in [2.24, 2.45) is 0 Å². The van der Waals surface area contributed by atoms with Crippen molar-refractivity contribution in [2.45, 2.75) is 13.8 Å². The third-order valence-corrected chi connectivity index (χ3v) is 2.69. The Hall–Kier alpha value is -2.28. The molecule has 0 aromatic heterocycles. The second-order valence-electron chi connectivity index (χ2n) is 4.33. The molecule has 0 heterocycles. The van der Waals surface area contributed by atoms with Crippen LogP contribution in [0.5, 0.6) is 0 Å². The van der Waals surface area contributed by atoms with E-state index in [1.807, 2.05) is 50.2 Å². The Bertz CT molecular complexity index is 540. The van der Waals surface area contributed by atoms with E-state index in [1.165, 1.54) is 0 Å². The summed E-state index contributed by atoms with van der Waals surface area (Å²) < 4.78 is 4.83. The summed E-state index contributed by atoms with van der Waals surface area (Å²) in [5, 5.41) is 8.99. The van der Waals surface area contributed by atoms with E-state index in [-0.39, 0.29) is 12.2 Å². The largest absolute Gasteiger partial charge is 0.462 e. The first-order valence-electron chi connectivity index (χ1n) is 6.06. The lowest BCUT2D eigenvalue weighted by Crippen LogP contribution is -2.09. The van der Waals surface area contributed by atoms with Crippen LogP contribution in [-0.2, 0) is 9.53 Å². The molecule has 4 heteroatoms. The van der Waals surface area contributed by atoms with Crippen molar-refractivity contribution in [3.8, 4) is 6.07 Å². The van der Waals surface area contributed by atoms with Gasteiger partial charge in [-0.3, -0.25) is 0 Å². The summed E-state index contributed by atoms with van der Waals surface area (Å²) in [6.45, 7) is 3.92. The Morgan fingerprint density at radius 2 is 2.16 bits per heavy atom. The van der Waals surface area contributed by atoms with Gasteiger partial charge in [0.05, 0.1) is 6.61 Å². The number of carbonyl (C=O) groups excluding carboxylic acids is 1. The fourth-order valence-electron chi connectivity index (χ4n) is 1.60. The maximum Gasteiger partial charge on any atom is 0.348 e. The predicted molar refractivity (Wildman–Crippen MR) is 75.7 cm³/mol. The van der Waals surface area contributed by atoms with E-state index in [9.17, 15) is 4.79 Å². The van der Waals surface area contributed by atoms with Crippen LogP contribution in [0, 0.1) is 18.3 Å². The zero-order chi connectivity index (χ0) is 14.4. The van der Waals surface area contributed by atoms with Gasteiger partial charge in [0.25, 0.3) is 0 Å². The molecule has 19 heavy (non-hydrogen) atoms. The molecule has 0 spiro atoms. The molecule has 4 nitrogen and oxygen atoms in total. The van der Waals surface area contributed by atoms with Gasteiger partial charge in [-0.2, -0.15) is 5.26 Å². The molecule has 1 aromatic rings. The quantitative estimate of drug-likeness (QED) is 0.473. The third kappa shape index (κ3) is 3.85. The van der Waals surface area contributed by atoms with Crippen molar-refractivity contribution in [3.63, 3.8) is 0 Å². The van der Waals surface area contributed by atoms with E-state index >= 15 is 0 Å². The van der Waals surface area contributed by atoms with Crippen LogP contribution in [0.25, 0.3) is 6.08 Å². The maximum atomic E-state index is 11.5. The summed E-state index contributed by atoms with van der Waals surface area (Å²) in [5.74, 6) is -0.582. The second-order valence-corrected chi connectivity index (χ2v) is 4.33. The first kappa shape index (κ1) is 14.8. The first-order valence-corrected chi connectivity index (χ1v) is 6.06. The van der Waals surface area contributed by atoms with Crippen molar-refractivity contribution in [1.29, 1.82) is 5.26 Å². The number of nitriles is 1. The van der Waals surface area contributed by atoms with Crippen LogP contribution in [-0.4, -0.2) is 26.7 Å². The minimum atomic E-state index is -0.582. The fourth-order valence-corrected chi connectivity index (χ4v) is 1.60. The number of rotatable bonds is 4. The van der Waals surface area contributed by atoms with E-state index in [0.717, 1.165) is 16.8 Å². The van der Waals surface area contributed by atoms with Crippen molar-refractivity contribution >= 4 is 17.7 Å². The molecule has 0 fully saturated rings. The normalized spacial score (nSPS) is 10.8. The molecule has 0 atom stereocenters. The zero-order valence-electron chi connectivity index (χ0n) is 11.7. The van der Waals surface area contributed by atoms with Gasteiger partial charge in [0, 0.05) is 19.8 Å². The molecule has 0 aliphatic heterocycles. The summed E-state index contributed by atoms with van der Waals surface area (Å²) in [6.07, 6.45) is 1.56. The number of ether oxygens (including phenoxy) is 1. The van der Waals surface area contributed by atoms with Crippen LogP contribution in [0.1, 0.15) is 18.1 Å². The number of carbonyl (C=O) groups is 1. The number of esters is 1. The highest BCUT2D eigenvalue weighted by atomic mass is 16.5. The van der Waals surface area contributed by atoms with Gasteiger partial charge < -0.3 is 9.64 Å². The molecular formula is C15H18N2O2. The van der Waals surface area contributed by atoms with Gasteiger partial charge in [-0.1, -0.05) is 6.07 Å². The number of aryl methyl sites for hydroxylation is 1. The summed E-state index contributed by atoms with van der Waals surface area (Å²) in [7, 11) is 3.92. The molecule has 1 aromatic carbocycles. The minimum absolute atomic E-state index is 0.0163. The summed E-state index contributed by atoms with van der Waals surface area (Å²) in [5.41, 5.74) is 2.94. The summed E-state index contributed by atoms with van der Waals surface area (Å²) in [6, 6.07) is 7.72. The van der Waals surface area contributed by atoms with Crippen molar-refractivity contribution in [1.82, 2.24) is 0 Å². The highest BCUT2D eigenvalue weighted by Crippen LogP contribution is 2.19. The molecule has 0 aliphatic rings. The lowest BCUT2D eigenvalue weighted by molar-refractivity contribution is -0.137. The van der Waals surface area contributed by atoms with Crippen molar-refractivity contribution < 1.29 is 9.53 Å². The maximum absolute atomic E-state index is 11.5. The molecule has 0 saturated heterocycles. The number of hydrogen-bond donors (Lipinski definition) is 0. The minimum Gasteiger partial charge on any atom is -0.462 e. The van der Waals surface area contributed by atoms with Gasteiger partial charge >= 0.3 is 5.97 Å². The van der Waals surface area contributed by atoms with Crippen LogP contribution in [0.15, 0.2) is 23.8 Å². The molecule has 0 saturated carbocycles. The Kier molecular flexibility index (Phi) is 5.13. The van der Waals surface area contributed by atoms with E-state index in [0.29, 0.717) is 0 Å². The Labute approximate surface area is 113 Å². The van der Waals surface area contributed by atoms with Crippen LogP contribution in [0.2, 0.25) is 0 Å². The highest BCUT2D eigenvalue weighted by molar-refractivity contribution is 5.98. The fraction of sp³-hybridized carbons (Fsp3) is 0.333. The van der Waals surface area contributed by atoms with Gasteiger partial charge in [0.15, 0.2) is 0 Å². The zero-order valence-corrected chi connectivity index (χ0v) is 11.7. The van der Waals surface area contributed by atoms with Crippen LogP contribution in [0.3, 0.4) is 0 Å². The van der Waals surface area contributed by atoms with E-state index < -0.39 is 5.97 Å².